The van der Waals surface area contributed by atoms with E-state index in [1.54, 1.807) is 30.7 Å². The number of amides is 2. The fourth-order valence-electron chi connectivity index (χ4n) is 2.80. The molecule has 0 saturated heterocycles. The summed E-state index contributed by atoms with van der Waals surface area (Å²) in [5, 5.41) is 17.0. The summed E-state index contributed by atoms with van der Waals surface area (Å²) in [5.41, 5.74) is 6.32. The van der Waals surface area contributed by atoms with Gasteiger partial charge < -0.3 is 16.2 Å². The third kappa shape index (κ3) is 4.57. The highest BCUT2D eigenvalue weighted by Gasteiger charge is 2.25. The van der Waals surface area contributed by atoms with Crippen LogP contribution in [0.15, 0.2) is 24.3 Å². The van der Waals surface area contributed by atoms with Crippen molar-refractivity contribution in [1.29, 1.82) is 0 Å². The van der Waals surface area contributed by atoms with E-state index >= 15 is 0 Å². The fourth-order valence-corrected chi connectivity index (χ4v) is 2.80. The zero-order chi connectivity index (χ0) is 19.3. The number of para-hydroxylation sites is 1. The van der Waals surface area contributed by atoms with E-state index in [2.05, 4.69) is 10.4 Å². The summed E-state index contributed by atoms with van der Waals surface area (Å²) in [4.78, 5) is 24.2. The molecule has 4 N–H and O–H groups in total. The Morgan fingerprint density at radius 1 is 1.35 bits per heavy atom. The average molecular weight is 364 g/mol. The number of fused-ring (bicyclic) bond motifs is 1. The first-order chi connectivity index (χ1) is 12.3. The zero-order valence-electron chi connectivity index (χ0n) is 15.0. The summed E-state index contributed by atoms with van der Waals surface area (Å²) in [5.74, 6) is -1.22. The molecular formula is C18H25FN4O3. The van der Waals surface area contributed by atoms with Crippen LogP contribution in [-0.2, 0) is 11.3 Å². The number of benzene rings is 1. The predicted octanol–water partition coefficient (Wildman–Crippen LogP) is 1.39. The first-order valence-corrected chi connectivity index (χ1v) is 8.65. The Morgan fingerprint density at radius 2 is 2.04 bits per heavy atom. The number of nitrogens with zero attached hydrogens (tertiary/aromatic N) is 2. The van der Waals surface area contributed by atoms with E-state index in [0.29, 0.717) is 24.8 Å². The topological polar surface area (TPSA) is 110 Å². The lowest BCUT2D eigenvalue weighted by atomic mass is 10.0. The van der Waals surface area contributed by atoms with Crippen molar-refractivity contribution in [3.05, 3.63) is 30.0 Å². The molecule has 0 aliphatic carbocycles. The molecule has 7 nitrogen and oxygen atoms in total. The number of aromatic nitrogens is 2. The van der Waals surface area contributed by atoms with Crippen molar-refractivity contribution >= 4 is 22.7 Å². The molecule has 0 aliphatic rings. The van der Waals surface area contributed by atoms with E-state index in [1.165, 1.54) is 0 Å². The lowest BCUT2D eigenvalue weighted by Crippen LogP contribution is -2.47. The third-order valence-electron chi connectivity index (χ3n) is 4.22. The molecule has 0 fully saturated rings. The number of aliphatic hydroxyl groups is 1. The van der Waals surface area contributed by atoms with E-state index in [4.69, 9.17) is 5.73 Å². The predicted molar refractivity (Wildman–Crippen MR) is 96.2 cm³/mol. The molecule has 142 valence electrons. The second-order valence-electron chi connectivity index (χ2n) is 6.64. The molecule has 0 unspecified atom stereocenters. The number of aryl methyl sites for hydroxylation is 1. The van der Waals surface area contributed by atoms with Crippen LogP contribution in [0.1, 0.15) is 37.2 Å². The third-order valence-corrected chi connectivity index (χ3v) is 4.22. The summed E-state index contributed by atoms with van der Waals surface area (Å²) in [6.45, 7) is 3.25. The van der Waals surface area contributed by atoms with Crippen LogP contribution in [0.2, 0.25) is 0 Å². The van der Waals surface area contributed by atoms with Crippen LogP contribution in [0.25, 0.3) is 10.9 Å². The van der Waals surface area contributed by atoms with Gasteiger partial charge in [-0.2, -0.15) is 5.10 Å². The molecule has 1 heterocycles. The molecule has 0 spiro atoms. The Morgan fingerprint density at radius 3 is 2.65 bits per heavy atom. The van der Waals surface area contributed by atoms with Crippen LogP contribution < -0.4 is 11.1 Å². The number of hydrogen-bond donors (Lipinski definition) is 3. The second-order valence-corrected chi connectivity index (χ2v) is 6.64. The highest BCUT2D eigenvalue weighted by atomic mass is 19.1. The molecular weight excluding hydrogens is 339 g/mol. The quantitative estimate of drug-likeness (QED) is 0.624. The first kappa shape index (κ1) is 19.8. The summed E-state index contributed by atoms with van der Waals surface area (Å²) in [6.07, 6.45) is -0.154. The normalized spacial score (nSPS) is 13.7. The van der Waals surface area contributed by atoms with Gasteiger partial charge in [0.25, 0.3) is 5.91 Å². The van der Waals surface area contributed by atoms with Gasteiger partial charge in [-0.3, -0.25) is 14.3 Å². The van der Waals surface area contributed by atoms with Crippen LogP contribution in [-0.4, -0.2) is 45.5 Å². The molecule has 2 aromatic rings. The number of primary amides is 1. The number of aliphatic hydroxyl groups excluding tert-OH is 1. The van der Waals surface area contributed by atoms with Crippen molar-refractivity contribution in [2.24, 2.45) is 11.7 Å². The highest BCUT2D eigenvalue weighted by molar-refractivity contribution is 6.06. The highest BCUT2D eigenvalue weighted by Crippen LogP contribution is 2.19. The Labute approximate surface area is 151 Å². The van der Waals surface area contributed by atoms with Crippen LogP contribution >= 0.6 is 0 Å². The number of hydrogen-bond acceptors (Lipinski definition) is 4. The Hall–Kier alpha value is -2.48. The molecule has 0 aliphatic heterocycles. The summed E-state index contributed by atoms with van der Waals surface area (Å²) in [7, 11) is 0. The minimum Gasteiger partial charge on any atom is -0.390 e. The van der Waals surface area contributed by atoms with E-state index < -0.39 is 30.6 Å². The molecule has 2 rings (SSSR count). The molecule has 0 radical (unpaired) electrons. The maximum atomic E-state index is 12.6. The first-order valence-electron chi connectivity index (χ1n) is 8.65. The lowest BCUT2D eigenvalue weighted by molar-refractivity contribution is -0.120. The number of nitrogens with one attached hydrogen (secondary N) is 1. The molecule has 26 heavy (non-hydrogen) atoms. The smallest absolute Gasteiger partial charge is 0.273 e. The summed E-state index contributed by atoms with van der Waals surface area (Å²) >= 11 is 0. The number of carbonyl (C=O) groups is 2. The van der Waals surface area contributed by atoms with E-state index in [9.17, 15) is 19.1 Å². The number of halogens is 1. The number of nitrogens with two attached hydrogens (primary N) is 1. The monoisotopic (exact) mass is 364 g/mol. The van der Waals surface area contributed by atoms with Gasteiger partial charge in [0.05, 0.1) is 11.6 Å². The van der Waals surface area contributed by atoms with Gasteiger partial charge in [0.1, 0.15) is 12.7 Å². The number of rotatable bonds is 9. The van der Waals surface area contributed by atoms with Crippen LogP contribution in [0.5, 0.6) is 0 Å². The standard InChI is InChI=1S/C18H25FN4O3/c1-11(2)15(17(20)25)21-18(26)16-13-7-3-4-8-14(13)23(22-16)9-5-6-12(24)10-19/h3-4,7-8,11-12,15,24H,5-6,9-10H2,1-2H3,(H2,20,25)(H,21,26)/t12-,15-/m1/s1. The van der Waals surface area contributed by atoms with Gasteiger partial charge in [-0.05, 0) is 24.8 Å². The second kappa shape index (κ2) is 8.75. The van der Waals surface area contributed by atoms with Gasteiger partial charge in [-0.25, -0.2) is 4.39 Å². The van der Waals surface area contributed by atoms with Crippen LogP contribution in [0, 0.1) is 5.92 Å². The van der Waals surface area contributed by atoms with E-state index in [-0.39, 0.29) is 11.6 Å². The van der Waals surface area contributed by atoms with Crippen molar-refractivity contribution < 1.29 is 19.1 Å². The fraction of sp³-hybridized carbons (Fsp3) is 0.500. The minimum atomic E-state index is -0.984. The average Bonchev–Trinajstić information content (AvgIpc) is 2.97. The van der Waals surface area contributed by atoms with Gasteiger partial charge in [0.2, 0.25) is 5.91 Å². The molecule has 1 aromatic carbocycles. The number of carbonyl (C=O) groups excluding carboxylic acids is 2. The zero-order valence-corrected chi connectivity index (χ0v) is 15.0. The van der Waals surface area contributed by atoms with Crippen molar-refractivity contribution in [3.63, 3.8) is 0 Å². The Balaban J connectivity index is 2.24. The molecule has 0 bridgehead atoms. The van der Waals surface area contributed by atoms with Gasteiger partial charge in [0.15, 0.2) is 5.69 Å². The number of alkyl halides is 1. The van der Waals surface area contributed by atoms with E-state index in [1.807, 2.05) is 12.1 Å². The SMILES string of the molecule is CC(C)[C@@H](NC(=O)c1nn(CCC[C@@H](O)CF)c2ccccc12)C(N)=O. The maximum absolute atomic E-state index is 12.6. The lowest BCUT2D eigenvalue weighted by Gasteiger charge is -2.18. The maximum Gasteiger partial charge on any atom is 0.273 e. The van der Waals surface area contributed by atoms with Gasteiger partial charge in [-0.1, -0.05) is 32.0 Å². The van der Waals surface area contributed by atoms with Crippen LogP contribution in [0.3, 0.4) is 0 Å². The van der Waals surface area contributed by atoms with Gasteiger partial charge >= 0.3 is 0 Å². The minimum absolute atomic E-state index is 0.146. The van der Waals surface area contributed by atoms with Crippen molar-refractivity contribution in [2.45, 2.75) is 45.4 Å². The van der Waals surface area contributed by atoms with Crippen molar-refractivity contribution in [1.82, 2.24) is 15.1 Å². The largest absolute Gasteiger partial charge is 0.390 e. The van der Waals surface area contributed by atoms with Crippen molar-refractivity contribution in [2.75, 3.05) is 6.67 Å². The van der Waals surface area contributed by atoms with E-state index in [0.717, 1.165) is 5.52 Å². The van der Waals surface area contributed by atoms with Crippen LogP contribution in [0.4, 0.5) is 4.39 Å². The van der Waals surface area contributed by atoms with Gasteiger partial charge in [-0.15, -0.1) is 0 Å². The summed E-state index contributed by atoms with van der Waals surface area (Å²) < 4.78 is 14.0. The van der Waals surface area contributed by atoms with Gasteiger partial charge in [0, 0.05) is 11.9 Å². The molecule has 2 amide bonds. The van der Waals surface area contributed by atoms with Crippen molar-refractivity contribution in [3.8, 4) is 0 Å². The molecule has 8 heteroatoms. The summed E-state index contributed by atoms with van der Waals surface area (Å²) in [6, 6.07) is 6.45. The Kier molecular flexibility index (Phi) is 6.68. The molecule has 2 atom stereocenters. The molecule has 1 aromatic heterocycles. The Bertz CT molecular complexity index is 775. The molecule has 0 saturated carbocycles.